The Morgan fingerprint density at radius 3 is 2.31 bits per heavy atom. The summed E-state index contributed by atoms with van der Waals surface area (Å²) in [4.78, 5) is 28.4. The highest BCUT2D eigenvalue weighted by Gasteiger charge is 2.42. The molecule has 0 bridgehead atoms. The highest BCUT2D eigenvalue weighted by atomic mass is 16.5. The maximum absolute atomic E-state index is 13.6. The third-order valence-corrected chi connectivity index (χ3v) is 6.48. The van der Waals surface area contributed by atoms with Crippen molar-refractivity contribution in [1.29, 1.82) is 0 Å². The van der Waals surface area contributed by atoms with Crippen molar-refractivity contribution in [2.45, 2.75) is 18.4 Å². The van der Waals surface area contributed by atoms with Crippen LogP contribution in [0.2, 0.25) is 0 Å². The van der Waals surface area contributed by atoms with Crippen molar-refractivity contribution in [2.75, 3.05) is 34.9 Å². The summed E-state index contributed by atoms with van der Waals surface area (Å²) in [5.74, 6) is 1.25. The summed E-state index contributed by atoms with van der Waals surface area (Å²) >= 11 is 0. The zero-order valence-corrected chi connectivity index (χ0v) is 20.4. The molecule has 182 valence electrons. The van der Waals surface area contributed by atoms with Crippen LogP contribution in [0, 0.1) is 0 Å². The lowest BCUT2D eigenvalue weighted by Crippen LogP contribution is -2.45. The number of hydrogen-bond acceptors (Lipinski definition) is 5. The summed E-state index contributed by atoms with van der Waals surface area (Å²) in [6.07, 6.45) is 0.627. The Labute approximate surface area is 205 Å². The predicted molar refractivity (Wildman–Crippen MR) is 133 cm³/mol. The lowest BCUT2D eigenvalue weighted by molar-refractivity contribution is -0.124. The lowest BCUT2D eigenvalue weighted by Gasteiger charge is -2.39. The fourth-order valence-corrected chi connectivity index (χ4v) is 4.65. The van der Waals surface area contributed by atoms with Gasteiger partial charge in [-0.05, 0) is 53.4 Å². The molecule has 2 atom stereocenters. The quantitative estimate of drug-likeness (QED) is 0.534. The van der Waals surface area contributed by atoms with Gasteiger partial charge in [0.15, 0.2) is 11.5 Å². The molecule has 3 aromatic carbocycles. The molecular weight excluding hydrogens is 444 g/mol. The van der Waals surface area contributed by atoms with Gasteiger partial charge in [-0.2, -0.15) is 0 Å². The molecule has 1 aliphatic heterocycles. The van der Waals surface area contributed by atoms with Crippen LogP contribution in [0.1, 0.15) is 39.0 Å². The maximum atomic E-state index is 13.6. The number of carbonyl (C=O) groups excluding carboxylic acids is 2. The van der Waals surface area contributed by atoms with Crippen molar-refractivity contribution in [3.63, 3.8) is 0 Å². The molecule has 1 heterocycles. The normalized spacial score (nSPS) is 16.9. The van der Waals surface area contributed by atoms with E-state index in [0.717, 1.165) is 22.4 Å². The first kappa shape index (κ1) is 24.1. The SMILES string of the molecule is COc1ccc([C@H]2[C@@H](C(=O)NCCc3ccc(OC)c(OC)c3)c3ccccc3C(=O)N2C)cc1. The largest absolute Gasteiger partial charge is 0.497 e. The van der Waals surface area contributed by atoms with Crippen LogP contribution < -0.4 is 19.5 Å². The first-order valence-corrected chi connectivity index (χ1v) is 11.5. The highest BCUT2D eigenvalue weighted by molar-refractivity contribution is 6.01. The van der Waals surface area contributed by atoms with E-state index in [1.165, 1.54) is 0 Å². The maximum Gasteiger partial charge on any atom is 0.254 e. The van der Waals surface area contributed by atoms with Gasteiger partial charge in [0, 0.05) is 19.2 Å². The van der Waals surface area contributed by atoms with E-state index in [-0.39, 0.29) is 11.8 Å². The van der Waals surface area contributed by atoms with E-state index < -0.39 is 12.0 Å². The number of carbonyl (C=O) groups is 2. The van der Waals surface area contributed by atoms with E-state index >= 15 is 0 Å². The summed E-state index contributed by atoms with van der Waals surface area (Å²) in [6, 6.07) is 20.1. The van der Waals surface area contributed by atoms with Gasteiger partial charge in [0.2, 0.25) is 5.91 Å². The first-order valence-electron chi connectivity index (χ1n) is 11.5. The average molecular weight is 475 g/mol. The van der Waals surface area contributed by atoms with Crippen molar-refractivity contribution in [2.24, 2.45) is 0 Å². The van der Waals surface area contributed by atoms with Crippen LogP contribution >= 0.6 is 0 Å². The van der Waals surface area contributed by atoms with Gasteiger partial charge in [-0.3, -0.25) is 9.59 Å². The third-order valence-electron chi connectivity index (χ3n) is 6.48. The molecule has 7 heteroatoms. The molecule has 0 saturated heterocycles. The fraction of sp³-hybridized carbons (Fsp3) is 0.286. The Morgan fingerprint density at radius 1 is 0.914 bits per heavy atom. The van der Waals surface area contributed by atoms with E-state index in [1.807, 2.05) is 60.7 Å². The summed E-state index contributed by atoms with van der Waals surface area (Å²) in [6.45, 7) is 0.444. The molecule has 0 fully saturated rings. The zero-order chi connectivity index (χ0) is 24.9. The highest BCUT2D eigenvalue weighted by Crippen LogP contribution is 2.42. The summed E-state index contributed by atoms with van der Waals surface area (Å²) in [5.41, 5.74) is 3.18. The number of hydrogen-bond donors (Lipinski definition) is 1. The molecule has 7 nitrogen and oxygen atoms in total. The van der Waals surface area contributed by atoms with Crippen LogP contribution in [0.4, 0.5) is 0 Å². The molecule has 0 aliphatic carbocycles. The second-order valence-electron chi connectivity index (χ2n) is 8.43. The molecule has 0 radical (unpaired) electrons. The zero-order valence-electron chi connectivity index (χ0n) is 20.4. The minimum Gasteiger partial charge on any atom is -0.497 e. The summed E-state index contributed by atoms with van der Waals surface area (Å²) in [5, 5.41) is 3.09. The molecular formula is C28H30N2O5. The third kappa shape index (κ3) is 4.80. The Bertz CT molecular complexity index is 1210. The number of fused-ring (bicyclic) bond motifs is 1. The van der Waals surface area contributed by atoms with Crippen LogP contribution in [0.3, 0.4) is 0 Å². The average Bonchev–Trinajstić information content (AvgIpc) is 2.90. The van der Waals surface area contributed by atoms with Crippen LogP contribution in [0.5, 0.6) is 17.2 Å². The Morgan fingerprint density at radius 2 is 1.63 bits per heavy atom. The van der Waals surface area contributed by atoms with Crippen molar-refractivity contribution in [3.8, 4) is 17.2 Å². The first-order chi connectivity index (χ1) is 17.0. The van der Waals surface area contributed by atoms with Crippen molar-refractivity contribution >= 4 is 11.8 Å². The van der Waals surface area contributed by atoms with E-state index in [1.54, 1.807) is 39.3 Å². The van der Waals surface area contributed by atoms with Gasteiger partial charge in [0.25, 0.3) is 5.91 Å². The predicted octanol–water partition coefficient (Wildman–Crippen LogP) is 3.98. The molecule has 35 heavy (non-hydrogen) atoms. The number of amides is 2. The number of nitrogens with one attached hydrogen (secondary N) is 1. The summed E-state index contributed by atoms with van der Waals surface area (Å²) in [7, 11) is 6.55. The number of nitrogens with zero attached hydrogens (tertiary/aromatic N) is 1. The number of ether oxygens (including phenoxy) is 3. The smallest absolute Gasteiger partial charge is 0.254 e. The van der Waals surface area contributed by atoms with Gasteiger partial charge in [0.05, 0.1) is 33.3 Å². The van der Waals surface area contributed by atoms with Crippen LogP contribution in [0.25, 0.3) is 0 Å². The Balaban J connectivity index is 1.59. The molecule has 1 N–H and O–H groups in total. The minimum atomic E-state index is -0.548. The molecule has 0 unspecified atom stereocenters. The number of methoxy groups -OCH3 is 3. The van der Waals surface area contributed by atoms with Crippen LogP contribution in [0.15, 0.2) is 66.7 Å². The monoisotopic (exact) mass is 474 g/mol. The molecule has 3 aromatic rings. The van der Waals surface area contributed by atoms with E-state index in [0.29, 0.717) is 30.0 Å². The van der Waals surface area contributed by atoms with Crippen molar-refractivity contribution in [1.82, 2.24) is 10.2 Å². The molecule has 2 amide bonds. The minimum absolute atomic E-state index is 0.101. The van der Waals surface area contributed by atoms with E-state index in [9.17, 15) is 9.59 Å². The fourth-order valence-electron chi connectivity index (χ4n) is 4.65. The van der Waals surface area contributed by atoms with Crippen LogP contribution in [-0.4, -0.2) is 51.6 Å². The summed E-state index contributed by atoms with van der Waals surface area (Å²) < 4.78 is 16.0. The van der Waals surface area contributed by atoms with E-state index in [2.05, 4.69) is 5.32 Å². The van der Waals surface area contributed by atoms with Crippen molar-refractivity contribution < 1.29 is 23.8 Å². The number of benzene rings is 3. The van der Waals surface area contributed by atoms with Gasteiger partial charge in [0.1, 0.15) is 5.75 Å². The van der Waals surface area contributed by atoms with Crippen molar-refractivity contribution in [3.05, 3.63) is 89.0 Å². The lowest BCUT2D eigenvalue weighted by atomic mass is 9.79. The standard InChI is InChI=1S/C28H30N2O5/c1-30-26(19-10-12-20(33-2)13-11-19)25(21-7-5-6-8-22(21)28(30)32)27(31)29-16-15-18-9-14-23(34-3)24(17-18)35-4/h5-14,17,25-26H,15-16H2,1-4H3,(H,29,31)/t25-,26-/m0/s1. The molecule has 0 aromatic heterocycles. The molecule has 1 aliphatic rings. The van der Waals surface area contributed by atoms with Gasteiger partial charge < -0.3 is 24.4 Å². The second kappa shape index (κ2) is 10.5. The molecule has 0 spiro atoms. The topological polar surface area (TPSA) is 77.1 Å². The van der Waals surface area contributed by atoms with Gasteiger partial charge in [-0.15, -0.1) is 0 Å². The Hall–Kier alpha value is -4.00. The second-order valence-corrected chi connectivity index (χ2v) is 8.43. The van der Waals surface area contributed by atoms with Gasteiger partial charge >= 0.3 is 0 Å². The number of likely N-dealkylation sites (N-methyl/N-ethyl adjacent to an activating group) is 1. The van der Waals surface area contributed by atoms with Gasteiger partial charge in [-0.1, -0.05) is 36.4 Å². The molecule has 4 rings (SSSR count). The van der Waals surface area contributed by atoms with E-state index in [4.69, 9.17) is 14.2 Å². The van der Waals surface area contributed by atoms with Crippen LogP contribution in [-0.2, 0) is 11.2 Å². The molecule has 0 saturated carbocycles. The Kier molecular flexibility index (Phi) is 7.25. The van der Waals surface area contributed by atoms with Gasteiger partial charge in [-0.25, -0.2) is 0 Å². The number of rotatable bonds is 8.